The van der Waals surface area contributed by atoms with E-state index >= 15 is 0 Å². The molecule has 3 aromatic rings. The number of rotatable bonds is 9. The van der Waals surface area contributed by atoms with Crippen LogP contribution < -0.4 is 9.47 Å². The van der Waals surface area contributed by atoms with Gasteiger partial charge in [0.05, 0.1) is 0 Å². The van der Waals surface area contributed by atoms with Gasteiger partial charge < -0.3 is 19.5 Å². The van der Waals surface area contributed by atoms with Crippen molar-refractivity contribution in [2.24, 2.45) is 11.8 Å². The molecule has 3 aromatic carbocycles. The maximum atomic E-state index is 13.7. The average molecular weight is 580 g/mol. The Hall–Kier alpha value is -3.85. The van der Waals surface area contributed by atoms with Gasteiger partial charge in [0, 0.05) is 29.5 Å². The number of halogens is 1. The van der Waals surface area contributed by atoms with Crippen molar-refractivity contribution in [3.05, 3.63) is 88.7 Å². The first-order chi connectivity index (χ1) is 19.4. The number of carbonyl (C=O) groups is 3. The lowest BCUT2D eigenvalue weighted by Gasteiger charge is -2.25. The highest BCUT2D eigenvalue weighted by Gasteiger charge is 2.41. The fraction of sp³-hybridized carbons (Fsp3) is 0.344. The van der Waals surface area contributed by atoms with E-state index in [9.17, 15) is 23.9 Å². The second-order valence-corrected chi connectivity index (χ2v) is 11.7. The van der Waals surface area contributed by atoms with E-state index in [1.165, 1.54) is 43.0 Å². The third kappa shape index (κ3) is 7.08. The zero-order valence-corrected chi connectivity index (χ0v) is 24.6. The Labute approximate surface area is 243 Å². The number of nitrogens with zero attached hydrogens (tertiary/aromatic N) is 1. The third-order valence-electron chi connectivity index (χ3n) is 7.32. The molecule has 0 spiro atoms. The van der Waals surface area contributed by atoms with Gasteiger partial charge >= 0.3 is 12.1 Å². The van der Waals surface area contributed by atoms with Crippen LogP contribution in [0.2, 0.25) is 0 Å². The molecule has 2 atom stereocenters. The van der Waals surface area contributed by atoms with E-state index < -0.39 is 29.4 Å². The van der Waals surface area contributed by atoms with Crippen molar-refractivity contribution >= 4 is 29.6 Å². The number of aliphatic carboxylic acids is 1. The Balaban J connectivity index is 1.59. The summed E-state index contributed by atoms with van der Waals surface area (Å²) < 4.78 is 24.6. The number of amides is 1. The first-order valence-electron chi connectivity index (χ1n) is 13.3. The van der Waals surface area contributed by atoms with Crippen LogP contribution in [0.4, 0.5) is 9.18 Å². The number of carboxylic acid groups (broad SMARTS) is 1. The van der Waals surface area contributed by atoms with Crippen molar-refractivity contribution in [2.45, 2.75) is 44.6 Å². The smallest absolute Gasteiger partial charge is 0.415 e. The molecule has 1 aliphatic heterocycles. The molecule has 0 aliphatic carbocycles. The summed E-state index contributed by atoms with van der Waals surface area (Å²) in [5.41, 5.74) is 1.72. The fourth-order valence-corrected chi connectivity index (χ4v) is 5.49. The monoisotopic (exact) mass is 579 g/mol. The second-order valence-electron chi connectivity index (χ2n) is 10.9. The zero-order chi connectivity index (χ0) is 29.9. The van der Waals surface area contributed by atoms with Crippen LogP contribution in [0.25, 0.3) is 0 Å². The molecular formula is C32H34FNO6S. The minimum Gasteiger partial charge on any atom is -0.478 e. The van der Waals surface area contributed by atoms with E-state index in [0.29, 0.717) is 24.3 Å². The molecule has 1 amide bonds. The molecule has 0 radical (unpaired) electrons. The number of likely N-dealkylation sites (tertiary alicyclic amines) is 1. The van der Waals surface area contributed by atoms with Crippen LogP contribution >= 0.6 is 11.8 Å². The molecule has 0 saturated carbocycles. The van der Waals surface area contributed by atoms with Crippen molar-refractivity contribution in [2.75, 3.05) is 19.3 Å². The fourth-order valence-electron chi connectivity index (χ4n) is 5.08. The molecule has 1 saturated heterocycles. The van der Waals surface area contributed by atoms with E-state index in [-0.39, 0.29) is 24.0 Å². The Morgan fingerprint density at radius 2 is 1.61 bits per heavy atom. The molecule has 9 heteroatoms. The number of hydrogen-bond acceptors (Lipinski definition) is 6. The quantitative estimate of drug-likeness (QED) is 0.226. The maximum Gasteiger partial charge on any atom is 0.415 e. The van der Waals surface area contributed by atoms with Crippen LogP contribution in [0.3, 0.4) is 0 Å². The van der Waals surface area contributed by atoms with Gasteiger partial charge in [0.1, 0.15) is 17.3 Å². The average Bonchev–Trinajstić information content (AvgIpc) is 3.35. The Morgan fingerprint density at radius 1 is 1.00 bits per heavy atom. The largest absolute Gasteiger partial charge is 0.478 e. The first kappa shape index (κ1) is 30.1. The Bertz CT molecular complexity index is 1410. The lowest BCUT2D eigenvalue weighted by Crippen LogP contribution is -2.38. The SMILES string of the molecule is CSc1ccc(C(=O)[C@@H]2CN(C(=O)Oc3ccc(F)cc3)C[C@H]2Cc2cc(C)c(OC(C)(C)C(=O)O)c(C)c2)cc1. The number of benzene rings is 3. The molecule has 0 aromatic heterocycles. The molecule has 1 heterocycles. The summed E-state index contributed by atoms with van der Waals surface area (Å²) in [7, 11) is 0. The second kappa shape index (κ2) is 12.3. The van der Waals surface area contributed by atoms with Crippen molar-refractivity contribution in [3.8, 4) is 11.5 Å². The lowest BCUT2D eigenvalue weighted by molar-refractivity contribution is -0.152. The number of carbonyl (C=O) groups excluding carboxylic acids is 2. The van der Waals surface area contributed by atoms with Gasteiger partial charge in [-0.2, -0.15) is 0 Å². The zero-order valence-electron chi connectivity index (χ0n) is 23.8. The Kier molecular flexibility index (Phi) is 9.07. The number of ether oxygens (including phenoxy) is 2. The molecule has 7 nitrogen and oxygen atoms in total. The summed E-state index contributed by atoms with van der Waals surface area (Å²) in [5, 5.41) is 9.49. The lowest BCUT2D eigenvalue weighted by atomic mass is 9.84. The van der Waals surface area contributed by atoms with Gasteiger partial charge in [0.15, 0.2) is 11.4 Å². The minimum atomic E-state index is -1.39. The summed E-state index contributed by atoms with van der Waals surface area (Å²) in [4.78, 5) is 40.9. The van der Waals surface area contributed by atoms with Crippen LogP contribution in [0.5, 0.6) is 11.5 Å². The van der Waals surface area contributed by atoms with E-state index in [1.807, 2.05) is 56.5 Å². The third-order valence-corrected chi connectivity index (χ3v) is 8.06. The van der Waals surface area contributed by atoms with Gasteiger partial charge in [0.2, 0.25) is 0 Å². The van der Waals surface area contributed by atoms with Crippen LogP contribution in [-0.2, 0) is 11.2 Å². The summed E-state index contributed by atoms with van der Waals surface area (Å²) >= 11 is 1.59. The molecule has 0 bridgehead atoms. The molecule has 216 valence electrons. The number of Topliss-reactive ketones (excluding diaryl/α,β-unsaturated/α-hetero) is 1. The van der Waals surface area contributed by atoms with Gasteiger partial charge in [-0.1, -0.05) is 24.3 Å². The summed E-state index contributed by atoms with van der Waals surface area (Å²) in [6.45, 7) is 7.23. The molecule has 1 fully saturated rings. The number of hydrogen-bond donors (Lipinski definition) is 1. The van der Waals surface area contributed by atoms with Crippen LogP contribution in [-0.4, -0.2) is 52.8 Å². The number of aryl methyl sites for hydroxylation is 2. The predicted octanol–water partition coefficient (Wildman–Crippen LogP) is 6.58. The topological polar surface area (TPSA) is 93.1 Å². The van der Waals surface area contributed by atoms with Crippen molar-refractivity contribution in [3.63, 3.8) is 0 Å². The standard InChI is InChI=1S/C32H34FNO6S/c1-19-14-21(15-20(2)29(19)40-32(3,4)30(36)37)16-23-17-34(31(38)39-25-10-8-24(33)9-11-25)18-27(23)28(35)22-6-12-26(41-5)13-7-22/h6-15,23,27H,16-18H2,1-5H3,(H,36,37)/t23-,27-/m1/s1. The van der Waals surface area contributed by atoms with Crippen molar-refractivity contribution < 1.29 is 33.4 Å². The number of carboxylic acids is 1. The highest BCUT2D eigenvalue weighted by atomic mass is 32.2. The number of ketones is 1. The Morgan fingerprint density at radius 3 is 2.17 bits per heavy atom. The molecule has 1 aliphatic rings. The normalized spacial score (nSPS) is 16.9. The molecule has 41 heavy (non-hydrogen) atoms. The van der Waals surface area contributed by atoms with Gasteiger partial charge in [0.25, 0.3) is 0 Å². The van der Waals surface area contributed by atoms with Gasteiger partial charge in [-0.15, -0.1) is 11.8 Å². The van der Waals surface area contributed by atoms with Gasteiger partial charge in [-0.3, -0.25) is 4.79 Å². The summed E-state index contributed by atoms with van der Waals surface area (Å²) in [6.07, 6.45) is 1.89. The highest BCUT2D eigenvalue weighted by molar-refractivity contribution is 7.98. The summed E-state index contributed by atoms with van der Waals surface area (Å²) in [5.74, 6) is -1.46. The maximum absolute atomic E-state index is 13.7. The van der Waals surface area contributed by atoms with E-state index in [4.69, 9.17) is 9.47 Å². The van der Waals surface area contributed by atoms with Crippen LogP contribution in [0.1, 0.15) is 40.9 Å². The highest BCUT2D eigenvalue weighted by Crippen LogP contribution is 2.34. The van der Waals surface area contributed by atoms with Crippen molar-refractivity contribution in [1.82, 2.24) is 4.90 Å². The van der Waals surface area contributed by atoms with E-state index in [1.54, 1.807) is 11.8 Å². The molecule has 4 rings (SSSR count). The predicted molar refractivity (Wildman–Crippen MR) is 155 cm³/mol. The summed E-state index contributed by atoms with van der Waals surface area (Å²) in [6, 6.07) is 16.5. The van der Waals surface area contributed by atoms with E-state index in [0.717, 1.165) is 21.6 Å². The van der Waals surface area contributed by atoms with Crippen LogP contribution in [0.15, 0.2) is 65.6 Å². The molecule has 0 unspecified atom stereocenters. The van der Waals surface area contributed by atoms with Crippen molar-refractivity contribution in [1.29, 1.82) is 0 Å². The molecular weight excluding hydrogens is 545 g/mol. The molecule has 1 N–H and O–H groups in total. The first-order valence-corrected chi connectivity index (χ1v) is 14.5. The van der Waals surface area contributed by atoms with E-state index in [2.05, 4.69) is 0 Å². The van der Waals surface area contributed by atoms with Crippen LogP contribution in [0, 0.1) is 31.5 Å². The minimum absolute atomic E-state index is 0.0451. The van der Waals surface area contributed by atoms with Gasteiger partial charge in [-0.25, -0.2) is 14.0 Å². The number of thioether (sulfide) groups is 1. The van der Waals surface area contributed by atoms with Gasteiger partial charge in [-0.05, 0) is 99.4 Å².